The maximum atomic E-state index is 9.04. The van der Waals surface area contributed by atoms with Gasteiger partial charge in [-0.2, -0.15) is 0 Å². The van der Waals surface area contributed by atoms with Crippen molar-refractivity contribution in [3.8, 4) is 0 Å². The topological polar surface area (TPSA) is 32.3 Å². The molecule has 0 bridgehead atoms. The molecule has 0 atom stereocenters. The minimum absolute atomic E-state index is 0.260. The van der Waals surface area contributed by atoms with Crippen LogP contribution in [0.5, 0.6) is 0 Å². The van der Waals surface area contributed by atoms with Crippen LogP contribution in [0.15, 0.2) is 0 Å². The van der Waals surface area contributed by atoms with Gasteiger partial charge in [-0.25, -0.2) is 0 Å². The van der Waals surface area contributed by atoms with Gasteiger partial charge in [0.2, 0.25) is 0 Å². The third kappa shape index (κ3) is 2.96. The molecular formula is C11H23NO. The Balaban J connectivity index is 2.47. The van der Waals surface area contributed by atoms with E-state index in [9.17, 15) is 0 Å². The molecule has 13 heavy (non-hydrogen) atoms. The molecule has 2 N–H and O–H groups in total. The lowest BCUT2D eigenvalue weighted by atomic mass is 9.75. The molecule has 1 fully saturated rings. The van der Waals surface area contributed by atoms with Gasteiger partial charge < -0.3 is 10.4 Å². The summed E-state index contributed by atoms with van der Waals surface area (Å²) in [5, 5.41) is 12.6. The van der Waals surface area contributed by atoms with Crippen molar-refractivity contribution in [2.45, 2.75) is 51.5 Å². The summed E-state index contributed by atoms with van der Waals surface area (Å²) in [5.41, 5.74) is 0.260. The SMILES string of the molecule is CCNC1(CCO)CCC(C)CC1. The zero-order valence-corrected chi connectivity index (χ0v) is 8.97. The first-order chi connectivity index (χ1) is 6.22. The monoisotopic (exact) mass is 185 g/mol. The van der Waals surface area contributed by atoms with E-state index in [4.69, 9.17) is 5.11 Å². The second kappa shape index (κ2) is 4.97. The van der Waals surface area contributed by atoms with Crippen molar-refractivity contribution in [3.63, 3.8) is 0 Å². The van der Waals surface area contributed by atoms with Gasteiger partial charge in [0, 0.05) is 12.1 Å². The van der Waals surface area contributed by atoms with E-state index >= 15 is 0 Å². The summed E-state index contributed by atoms with van der Waals surface area (Å²) in [7, 11) is 0. The van der Waals surface area contributed by atoms with E-state index in [-0.39, 0.29) is 5.54 Å². The molecule has 0 aromatic heterocycles. The van der Waals surface area contributed by atoms with Crippen LogP contribution in [0, 0.1) is 5.92 Å². The maximum Gasteiger partial charge on any atom is 0.0448 e. The first-order valence-corrected chi connectivity index (χ1v) is 5.58. The van der Waals surface area contributed by atoms with Crippen molar-refractivity contribution in [2.75, 3.05) is 13.2 Å². The van der Waals surface area contributed by atoms with E-state index < -0.39 is 0 Å². The highest BCUT2D eigenvalue weighted by atomic mass is 16.3. The van der Waals surface area contributed by atoms with Crippen molar-refractivity contribution in [3.05, 3.63) is 0 Å². The zero-order valence-electron chi connectivity index (χ0n) is 8.97. The average molecular weight is 185 g/mol. The van der Waals surface area contributed by atoms with Crippen LogP contribution in [0.2, 0.25) is 0 Å². The van der Waals surface area contributed by atoms with Gasteiger partial charge in [0.05, 0.1) is 0 Å². The lowest BCUT2D eigenvalue weighted by Crippen LogP contribution is -2.48. The van der Waals surface area contributed by atoms with E-state index in [1.54, 1.807) is 0 Å². The second-order valence-corrected chi connectivity index (χ2v) is 4.47. The number of hydrogen-bond acceptors (Lipinski definition) is 2. The van der Waals surface area contributed by atoms with Gasteiger partial charge in [-0.05, 0) is 44.6 Å². The predicted molar refractivity (Wildman–Crippen MR) is 55.7 cm³/mol. The molecule has 0 unspecified atom stereocenters. The van der Waals surface area contributed by atoms with Gasteiger partial charge in [-0.3, -0.25) is 0 Å². The number of rotatable bonds is 4. The first-order valence-electron chi connectivity index (χ1n) is 5.58. The largest absolute Gasteiger partial charge is 0.396 e. The fourth-order valence-electron chi connectivity index (χ4n) is 2.42. The second-order valence-electron chi connectivity index (χ2n) is 4.47. The molecule has 2 nitrogen and oxygen atoms in total. The molecule has 0 saturated heterocycles. The molecule has 1 saturated carbocycles. The fourth-order valence-corrected chi connectivity index (χ4v) is 2.42. The van der Waals surface area contributed by atoms with E-state index in [1.165, 1.54) is 25.7 Å². The van der Waals surface area contributed by atoms with Crippen molar-refractivity contribution in [1.29, 1.82) is 0 Å². The molecule has 1 aliphatic carbocycles. The number of nitrogens with one attached hydrogen (secondary N) is 1. The Morgan fingerprint density at radius 1 is 1.38 bits per heavy atom. The molecule has 1 aliphatic rings. The Morgan fingerprint density at radius 2 is 2.00 bits per heavy atom. The summed E-state index contributed by atoms with van der Waals surface area (Å²) in [4.78, 5) is 0. The van der Waals surface area contributed by atoms with Crippen molar-refractivity contribution >= 4 is 0 Å². The highest BCUT2D eigenvalue weighted by Crippen LogP contribution is 2.33. The van der Waals surface area contributed by atoms with Gasteiger partial charge in [0.1, 0.15) is 0 Å². The van der Waals surface area contributed by atoms with E-state index in [0.717, 1.165) is 18.9 Å². The van der Waals surface area contributed by atoms with Crippen LogP contribution in [0.25, 0.3) is 0 Å². The minimum atomic E-state index is 0.260. The Bertz CT molecular complexity index is 131. The summed E-state index contributed by atoms with van der Waals surface area (Å²) >= 11 is 0. The van der Waals surface area contributed by atoms with Crippen LogP contribution in [0.4, 0.5) is 0 Å². The Hall–Kier alpha value is -0.0800. The van der Waals surface area contributed by atoms with Crippen LogP contribution < -0.4 is 5.32 Å². The normalized spacial score (nSPS) is 34.8. The lowest BCUT2D eigenvalue weighted by molar-refractivity contribution is 0.148. The molecule has 0 spiro atoms. The van der Waals surface area contributed by atoms with Crippen molar-refractivity contribution in [2.24, 2.45) is 5.92 Å². The van der Waals surface area contributed by atoms with Crippen LogP contribution in [0.1, 0.15) is 46.0 Å². The average Bonchev–Trinajstić information content (AvgIpc) is 2.11. The summed E-state index contributed by atoms with van der Waals surface area (Å²) in [6.07, 6.45) is 6.03. The molecule has 0 aliphatic heterocycles. The van der Waals surface area contributed by atoms with Crippen LogP contribution in [-0.2, 0) is 0 Å². The third-order valence-corrected chi connectivity index (χ3v) is 3.37. The number of hydrogen-bond donors (Lipinski definition) is 2. The Kier molecular flexibility index (Phi) is 4.20. The molecule has 0 aromatic carbocycles. The van der Waals surface area contributed by atoms with Crippen molar-refractivity contribution in [1.82, 2.24) is 5.32 Å². The standard InChI is InChI=1S/C11H23NO/c1-3-12-11(8-9-13)6-4-10(2)5-7-11/h10,12-13H,3-9H2,1-2H3. The molecule has 0 heterocycles. The first kappa shape index (κ1) is 11.0. The molecule has 1 rings (SSSR count). The van der Waals surface area contributed by atoms with Gasteiger partial charge >= 0.3 is 0 Å². The maximum absolute atomic E-state index is 9.04. The minimum Gasteiger partial charge on any atom is -0.396 e. The highest BCUT2D eigenvalue weighted by Gasteiger charge is 2.32. The predicted octanol–water partition coefficient (Wildman–Crippen LogP) is 1.93. The number of aliphatic hydroxyl groups excluding tert-OH is 1. The van der Waals surface area contributed by atoms with Gasteiger partial charge in [-0.1, -0.05) is 13.8 Å². The van der Waals surface area contributed by atoms with Crippen LogP contribution in [0.3, 0.4) is 0 Å². The summed E-state index contributed by atoms with van der Waals surface area (Å²) < 4.78 is 0. The number of aliphatic hydroxyl groups is 1. The Morgan fingerprint density at radius 3 is 2.46 bits per heavy atom. The fraction of sp³-hybridized carbons (Fsp3) is 1.00. The zero-order chi connectivity index (χ0) is 9.73. The summed E-state index contributed by atoms with van der Waals surface area (Å²) in [6, 6.07) is 0. The summed E-state index contributed by atoms with van der Waals surface area (Å²) in [6.45, 7) is 5.82. The van der Waals surface area contributed by atoms with Gasteiger partial charge in [-0.15, -0.1) is 0 Å². The van der Waals surface area contributed by atoms with Crippen LogP contribution in [-0.4, -0.2) is 23.8 Å². The smallest absolute Gasteiger partial charge is 0.0448 e. The van der Waals surface area contributed by atoms with Gasteiger partial charge in [0.25, 0.3) is 0 Å². The lowest BCUT2D eigenvalue weighted by Gasteiger charge is -2.40. The molecule has 0 radical (unpaired) electrons. The molecule has 0 aromatic rings. The third-order valence-electron chi connectivity index (χ3n) is 3.37. The van der Waals surface area contributed by atoms with Crippen molar-refractivity contribution < 1.29 is 5.11 Å². The molecular weight excluding hydrogens is 162 g/mol. The van der Waals surface area contributed by atoms with E-state index in [2.05, 4.69) is 19.2 Å². The quantitative estimate of drug-likeness (QED) is 0.701. The van der Waals surface area contributed by atoms with E-state index in [0.29, 0.717) is 6.61 Å². The molecule has 2 heteroatoms. The summed E-state index contributed by atoms with van der Waals surface area (Å²) in [5.74, 6) is 0.880. The highest BCUT2D eigenvalue weighted by molar-refractivity contribution is 4.91. The van der Waals surface area contributed by atoms with Crippen LogP contribution >= 0.6 is 0 Å². The molecule has 0 amide bonds. The Labute approximate surface area is 81.7 Å². The van der Waals surface area contributed by atoms with Gasteiger partial charge in [0.15, 0.2) is 0 Å². The van der Waals surface area contributed by atoms with E-state index in [1.807, 2.05) is 0 Å². The molecule has 78 valence electrons.